The molecule has 1 N–H and O–H groups in total. The molecule has 0 bridgehead atoms. The predicted octanol–water partition coefficient (Wildman–Crippen LogP) is 5.10. The Hall–Kier alpha value is -2.64. The first kappa shape index (κ1) is 29.9. The van der Waals surface area contributed by atoms with Gasteiger partial charge in [-0.15, -0.1) is 0 Å². The normalized spacial score (nSPS) is 20.5. The van der Waals surface area contributed by atoms with E-state index in [-0.39, 0.29) is 29.0 Å². The smallest absolute Gasteiger partial charge is 0.407 e. The Morgan fingerprint density at radius 1 is 0.895 bits per heavy atom. The Morgan fingerprint density at radius 3 is 1.87 bits per heavy atom. The van der Waals surface area contributed by atoms with E-state index in [1.54, 1.807) is 19.0 Å². The Labute approximate surface area is 230 Å². The van der Waals surface area contributed by atoms with Gasteiger partial charge in [0.15, 0.2) is 0 Å². The molecule has 1 saturated carbocycles. The minimum absolute atomic E-state index is 0.109. The largest absolute Gasteiger partial charge is 0.444 e. The highest BCUT2D eigenvalue weighted by molar-refractivity contribution is 6.99. The standard InChI is InChI=1S/C31H46N2O4Si/c1-30(2,3)36-29(35)32-26-21-23(22-28(34)33(7)8)19-20-27(26)37-38(31(4,5)6,24-15-11-9-12-16-24)25-17-13-10-14-18-25/h9-18,23,26-27H,19-22H2,1-8H3,(H,32,35)/t23-,26+,27+/m0/s1. The van der Waals surface area contributed by atoms with E-state index in [0.29, 0.717) is 12.8 Å². The third-order valence-electron chi connectivity index (χ3n) is 7.30. The molecule has 0 unspecified atom stereocenters. The van der Waals surface area contributed by atoms with E-state index in [1.807, 2.05) is 32.9 Å². The van der Waals surface area contributed by atoms with E-state index in [2.05, 4.69) is 74.6 Å². The fourth-order valence-electron chi connectivity index (χ4n) is 5.52. The zero-order chi connectivity index (χ0) is 28.1. The predicted molar refractivity (Wildman–Crippen MR) is 156 cm³/mol. The molecule has 208 valence electrons. The lowest BCUT2D eigenvalue weighted by Gasteiger charge is -2.48. The molecule has 7 heteroatoms. The fraction of sp³-hybridized carbons (Fsp3) is 0.548. The van der Waals surface area contributed by atoms with Gasteiger partial charge in [0.1, 0.15) is 5.60 Å². The topological polar surface area (TPSA) is 67.9 Å². The molecule has 3 atom stereocenters. The summed E-state index contributed by atoms with van der Waals surface area (Å²) in [6.45, 7) is 12.4. The quantitative estimate of drug-likeness (QED) is 0.498. The maximum Gasteiger partial charge on any atom is 0.407 e. The van der Waals surface area contributed by atoms with Crippen molar-refractivity contribution in [1.82, 2.24) is 10.2 Å². The molecular formula is C31H46N2O4Si. The molecular weight excluding hydrogens is 492 g/mol. The van der Waals surface area contributed by atoms with Gasteiger partial charge in [0.05, 0.1) is 12.1 Å². The second-order valence-corrected chi connectivity index (χ2v) is 17.0. The Kier molecular flexibility index (Phi) is 9.47. The Morgan fingerprint density at radius 2 is 1.42 bits per heavy atom. The third kappa shape index (κ3) is 7.26. The number of hydrogen-bond donors (Lipinski definition) is 1. The monoisotopic (exact) mass is 538 g/mol. The van der Waals surface area contributed by atoms with E-state index >= 15 is 0 Å². The molecule has 0 radical (unpaired) electrons. The van der Waals surface area contributed by atoms with Crippen molar-refractivity contribution in [2.75, 3.05) is 14.1 Å². The minimum atomic E-state index is -2.82. The van der Waals surface area contributed by atoms with Crippen LogP contribution in [0.4, 0.5) is 4.79 Å². The van der Waals surface area contributed by atoms with E-state index in [1.165, 1.54) is 10.4 Å². The second-order valence-electron chi connectivity index (χ2n) is 12.7. The molecule has 6 nitrogen and oxygen atoms in total. The van der Waals surface area contributed by atoms with Crippen LogP contribution < -0.4 is 15.7 Å². The van der Waals surface area contributed by atoms with Crippen molar-refractivity contribution in [3.05, 3.63) is 60.7 Å². The molecule has 0 heterocycles. The molecule has 3 rings (SSSR count). The maximum absolute atomic E-state index is 13.0. The second kappa shape index (κ2) is 12.0. The van der Waals surface area contributed by atoms with Crippen molar-refractivity contribution in [1.29, 1.82) is 0 Å². The van der Waals surface area contributed by atoms with Gasteiger partial charge < -0.3 is 19.4 Å². The number of nitrogens with one attached hydrogen (secondary N) is 1. The lowest BCUT2D eigenvalue weighted by Crippen LogP contribution is -2.69. The van der Waals surface area contributed by atoms with Crippen LogP contribution in [0.25, 0.3) is 0 Å². The minimum Gasteiger partial charge on any atom is -0.444 e. The summed E-state index contributed by atoms with van der Waals surface area (Å²) in [7, 11) is 0.761. The van der Waals surface area contributed by atoms with Gasteiger partial charge in [0.25, 0.3) is 8.32 Å². The van der Waals surface area contributed by atoms with Crippen molar-refractivity contribution < 1.29 is 18.8 Å². The molecule has 2 amide bonds. The van der Waals surface area contributed by atoms with E-state index in [9.17, 15) is 9.59 Å². The average molecular weight is 539 g/mol. The summed E-state index contributed by atoms with van der Waals surface area (Å²) in [6.07, 6.45) is 2.11. The molecule has 38 heavy (non-hydrogen) atoms. The van der Waals surface area contributed by atoms with Crippen molar-refractivity contribution in [2.45, 2.75) is 90.0 Å². The van der Waals surface area contributed by atoms with Gasteiger partial charge in [0.2, 0.25) is 5.91 Å². The van der Waals surface area contributed by atoms with Crippen LogP contribution in [0.15, 0.2) is 60.7 Å². The molecule has 0 spiro atoms. The molecule has 2 aromatic rings. The summed E-state index contributed by atoms with van der Waals surface area (Å²) >= 11 is 0. The average Bonchev–Trinajstić information content (AvgIpc) is 2.82. The van der Waals surface area contributed by atoms with Crippen LogP contribution in [0.2, 0.25) is 5.04 Å². The van der Waals surface area contributed by atoms with Crippen LogP contribution in [0, 0.1) is 5.92 Å². The highest BCUT2D eigenvalue weighted by Gasteiger charge is 2.53. The van der Waals surface area contributed by atoms with Crippen molar-refractivity contribution in [2.24, 2.45) is 5.92 Å². The lowest BCUT2D eigenvalue weighted by molar-refractivity contribution is -0.130. The summed E-state index contributed by atoms with van der Waals surface area (Å²) in [6, 6.07) is 20.9. The number of ether oxygens (including phenoxy) is 1. The first-order chi connectivity index (χ1) is 17.7. The number of nitrogens with zero attached hydrogens (tertiary/aromatic N) is 1. The van der Waals surface area contributed by atoms with Crippen molar-refractivity contribution in [3.63, 3.8) is 0 Å². The Balaban J connectivity index is 2.02. The van der Waals surface area contributed by atoms with E-state index < -0.39 is 20.0 Å². The number of rotatable bonds is 7. The van der Waals surface area contributed by atoms with Crippen LogP contribution in [-0.2, 0) is 14.0 Å². The zero-order valence-corrected chi connectivity index (χ0v) is 25.4. The number of hydrogen-bond acceptors (Lipinski definition) is 4. The fourth-order valence-corrected chi connectivity index (χ4v) is 10.3. The van der Waals surface area contributed by atoms with Gasteiger partial charge in [-0.2, -0.15) is 0 Å². The van der Waals surface area contributed by atoms with E-state index in [4.69, 9.17) is 9.16 Å². The zero-order valence-electron chi connectivity index (χ0n) is 24.4. The first-order valence-electron chi connectivity index (χ1n) is 13.7. The summed E-state index contributed by atoms with van der Waals surface area (Å²) in [5.41, 5.74) is -0.604. The van der Waals surface area contributed by atoms with Crippen LogP contribution in [0.3, 0.4) is 0 Å². The van der Waals surface area contributed by atoms with E-state index in [0.717, 1.165) is 12.8 Å². The number of amides is 2. The molecule has 2 aromatic carbocycles. The van der Waals surface area contributed by atoms with Crippen LogP contribution >= 0.6 is 0 Å². The molecule has 0 saturated heterocycles. The SMILES string of the molecule is CN(C)C(=O)C[C@H]1CC[C@@H](O[Si](c2ccccc2)(c2ccccc2)C(C)(C)C)[C@H](NC(=O)OC(C)(C)C)C1. The molecule has 1 fully saturated rings. The maximum atomic E-state index is 13.0. The summed E-state index contributed by atoms with van der Waals surface area (Å²) in [5, 5.41) is 5.39. The number of benzene rings is 2. The van der Waals surface area contributed by atoms with Gasteiger partial charge in [-0.05, 0) is 61.4 Å². The van der Waals surface area contributed by atoms with Crippen LogP contribution in [0.5, 0.6) is 0 Å². The molecule has 1 aliphatic carbocycles. The highest BCUT2D eigenvalue weighted by Crippen LogP contribution is 2.40. The lowest BCUT2D eigenvalue weighted by atomic mass is 9.82. The van der Waals surface area contributed by atoms with Gasteiger partial charge in [0, 0.05) is 20.5 Å². The summed E-state index contributed by atoms with van der Waals surface area (Å²) in [5.74, 6) is 0.279. The number of carbonyl (C=O) groups is 2. The van der Waals surface area contributed by atoms with Gasteiger partial charge in [-0.25, -0.2) is 4.79 Å². The van der Waals surface area contributed by atoms with Crippen LogP contribution in [-0.4, -0.2) is 57.1 Å². The first-order valence-corrected chi connectivity index (χ1v) is 15.6. The van der Waals surface area contributed by atoms with Crippen molar-refractivity contribution in [3.8, 4) is 0 Å². The van der Waals surface area contributed by atoms with Crippen molar-refractivity contribution >= 4 is 30.7 Å². The number of carbonyl (C=O) groups excluding carboxylic acids is 2. The van der Waals surface area contributed by atoms with Gasteiger partial charge in [-0.3, -0.25) is 4.79 Å². The van der Waals surface area contributed by atoms with Gasteiger partial charge in [-0.1, -0.05) is 81.4 Å². The summed E-state index contributed by atoms with van der Waals surface area (Å²) in [4.78, 5) is 27.1. The molecule has 1 aliphatic rings. The van der Waals surface area contributed by atoms with Gasteiger partial charge >= 0.3 is 6.09 Å². The van der Waals surface area contributed by atoms with Crippen LogP contribution in [0.1, 0.15) is 67.2 Å². The highest BCUT2D eigenvalue weighted by atomic mass is 28.4. The number of alkyl carbamates (subject to hydrolysis) is 1. The molecule has 0 aliphatic heterocycles. The molecule has 0 aromatic heterocycles. The third-order valence-corrected chi connectivity index (χ3v) is 12.4. The summed E-state index contributed by atoms with van der Waals surface area (Å²) < 4.78 is 13.1. The Bertz CT molecular complexity index is 1020.